The molecule has 1 aliphatic rings. The van der Waals surface area contributed by atoms with Gasteiger partial charge >= 0.3 is 0 Å². The van der Waals surface area contributed by atoms with Gasteiger partial charge in [0.1, 0.15) is 17.7 Å². The number of hydrogen-bond donors (Lipinski definition) is 0. The summed E-state index contributed by atoms with van der Waals surface area (Å²) in [6, 6.07) is 12.0. The molecular formula is C17H17ClFNO3S. The monoisotopic (exact) mass is 369 g/mol. The number of halogens is 2. The van der Waals surface area contributed by atoms with Crippen molar-refractivity contribution in [1.82, 2.24) is 4.31 Å². The molecule has 0 saturated carbocycles. The summed E-state index contributed by atoms with van der Waals surface area (Å²) in [6.45, 7) is 0.771. The average Bonchev–Trinajstić information content (AvgIpc) is 2.58. The van der Waals surface area contributed by atoms with Crippen LogP contribution in [0.1, 0.15) is 12.8 Å². The quantitative estimate of drug-likeness (QED) is 0.825. The predicted octanol–water partition coefficient (Wildman–Crippen LogP) is 3.71. The summed E-state index contributed by atoms with van der Waals surface area (Å²) in [6.07, 6.45) is 1.10. The molecule has 24 heavy (non-hydrogen) atoms. The van der Waals surface area contributed by atoms with Crippen LogP contribution in [-0.4, -0.2) is 31.9 Å². The summed E-state index contributed by atoms with van der Waals surface area (Å²) in [5, 5.41) is 0.500. The molecule has 4 nitrogen and oxygen atoms in total. The Kier molecular flexibility index (Phi) is 5.08. The first-order valence-electron chi connectivity index (χ1n) is 7.63. The van der Waals surface area contributed by atoms with Crippen LogP contribution >= 0.6 is 11.6 Å². The number of ether oxygens (including phenoxy) is 1. The standard InChI is InChI=1S/C17H17ClFNO3S/c18-13-1-7-17(8-2-13)24(21,22)20-11-9-16(10-12-20)23-15-5-3-14(19)4-6-15/h1-8,16H,9-12H2. The Morgan fingerprint density at radius 1 is 1.00 bits per heavy atom. The summed E-state index contributed by atoms with van der Waals surface area (Å²) < 4.78 is 45.3. The van der Waals surface area contributed by atoms with E-state index in [2.05, 4.69) is 0 Å². The van der Waals surface area contributed by atoms with Crippen molar-refractivity contribution in [3.05, 3.63) is 59.4 Å². The summed E-state index contributed by atoms with van der Waals surface area (Å²) in [5.74, 6) is 0.279. The molecule has 1 fully saturated rings. The maximum atomic E-state index is 12.9. The molecule has 1 aliphatic heterocycles. The van der Waals surface area contributed by atoms with Gasteiger partial charge in [-0.05, 0) is 61.4 Å². The second kappa shape index (κ2) is 7.09. The molecule has 2 aromatic rings. The molecule has 0 radical (unpaired) electrons. The molecule has 2 aromatic carbocycles. The predicted molar refractivity (Wildman–Crippen MR) is 90.3 cm³/mol. The van der Waals surface area contributed by atoms with Gasteiger partial charge in [-0.2, -0.15) is 4.31 Å². The van der Waals surface area contributed by atoms with Crippen LogP contribution < -0.4 is 4.74 Å². The number of benzene rings is 2. The van der Waals surface area contributed by atoms with E-state index < -0.39 is 10.0 Å². The first kappa shape index (κ1) is 17.2. The zero-order chi connectivity index (χ0) is 17.2. The molecule has 7 heteroatoms. The molecular weight excluding hydrogens is 353 g/mol. The summed E-state index contributed by atoms with van der Waals surface area (Å²) in [5.41, 5.74) is 0. The Morgan fingerprint density at radius 2 is 1.58 bits per heavy atom. The SMILES string of the molecule is O=S(=O)(c1ccc(Cl)cc1)N1CCC(Oc2ccc(F)cc2)CC1. The van der Waals surface area contributed by atoms with Crippen molar-refractivity contribution in [2.75, 3.05) is 13.1 Å². The summed E-state index contributed by atoms with van der Waals surface area (Å²) in [7, 11) is -3.51. The Hall–Kier alpha value is -1.63. The fourth-order valence-corrected chi connectivity index (χ4v) is 4.25. The summed E-state index contributed by atoms with van der Waals surface area (Å²) >= 11 is 5.81. The minimum Gasteiger partial charge on any atom is -0.490 e. The van der Waals surface area contributed by atoms with Crippen LogP contribution in [0.5, 0.6) is 5.75 Å². The second-order valence-electron chi connectivity index (χ2n) is 5.63. The van der Waals surface area contributed by atoms with E-state index in [0.29, 0.717) is 36.7 Å². The molecule has 1 saturated heterocycles. The molecule has 128 valence electrons. The maximum Gasteiger partial charge on any atom is 0.243 e. The molecule has 0 spiro atoms. The number of nitrogens with zero attached hydrogens (tertiary/aromatic N) is 1. The van der Waals surface area contributed by atoms with Crippen LogP contribution in [0.25, 0.3) is 0 Å². The first-order chi connectivity index (χ1) is 11.4. The van der Waals surface area contributed by atoms with E-state index in [-0.39, 0.29) is 16.8 Å². The van der Waals surface area contributed by atoms with Gasteiger partial charge in [0.2, 0.25) is 10.0 Å². The van der Waals surface area contributed by atoms with Crippen molar-refractivity contribution >= 4 is 21.6 Å². The van der Waals surface area contributed by atoms with Crippen molar-refractivity contribution in [1.29, 1.82) is 0 Å². The molecule has 0 aliphatic carbocycles. The van der Waals surface area contributed by atoms with E-state index in [0.717, 1.165) is 0 Å². The summed E-state index contributed by atoms with van der Waals surface area (Å²) in [4.78, 5) is 0.241. The highest BCUT2D eigenvalue weighted by molar-refractivity contribution is 7.89. The van der Waals surface area contributed by atoms with Crippen molar-refractivity contribution in [3.63, 3.8) is 0 Å². The number of piperidine rings is 1. The van der Waals surface area contributed by atoms with Gasteiger partial charge in [-0.1, -0.05) is 11.6 Å². The third-order valence-corrected chi connectivity index (χ3v) is 6.13. The lowest BCUT2D eigenvalue weighted by Gasteiger charge is -2.31. The zero-order valence-corrected chi connectivity index (χ0v) is 14.4. The van der Waals surface area contributed by atoms with E-state index in [1.165, 1.54) is 28.6 Å². The minimum atomic E-state index is -3.51. The van der Waals surface area contributed by atoms with E-state index in [9.17, 15) is 12.8 Å². The number of hydrogen-bond acceptors (Lipinski definition) is 3. The fourth-order valence-electron chi connectivity index (χ4n) is 2.65. The first-order valence-corrected chi connectivity index (χ1v) is 9.45. The van der Waals surface area contributed by atoms with Gasteiger partial charge in [-0.25, -0.2) is 12.8 Å². The Balaban J connectivity index is 1.62. The maximum absolute atomic E-state index is 12.9. The van der Waals surface area contributed by atoms with Crippen molar-refractivity contribution in [2.24, 2.45) is 0 Å². The van der Waals surface area contributed by atoms with Crippen molar-refractivity contribution in [2.45, 2.75) is 23.8 Å². The van der Waals surface area contributed by atoms with Crippen molar-refractivity contribution < 1.29 is 17.5 Å². The third-order valence-electron chi connectivity index (χ3n) is 3.97. The largest absolute Gasteiger partial charge is 0.490 e. The van der Waals surface area contributed by atoms with Crippen LogP contribution in [0.15, 0.2) is 53.4 Å². The van der Waals surface area contributed by atoms with Gasteiger partial charge in [0.25, 0.3) is 0 Å². The Morgan fingerprint density at radius 3 is 2.17 bits per heavy atom. The fraction of sp³-hybridized carbons (Fsp3) is 0.294. The van der Waals surface area contributed by atoms with E-state index >= 15 is 0 Å². The Labute approximate surface area is 145 Å². The van der Waals surface area contributed by atoms with Gasteiger partial charge in [0, 0.05) is 18.1 Å². The highest BCUT2D eigenvalue weighted by Crippen LogP contribution is 2.24. The van der Waals surface area contributed by atoms with Gasteiger partial charge in [0.15, 0.2) is 0 Å². The van der Waals surface area contributed by atoms with Crippen LogP contribution in [0.4, 0.5) is 4.39 Å². The molecule has 0 amide bonds. The molecule has 1 heterocycles. The molecule has 0 unspecified atom stereocenters. The zero-order valence-electron chi connectivity index (χ0n) is 12.9. The Bertz CT molecular complexity index is 786. The lowest BCUT2D eigenvalue weighted by Crippen LogP contribution is -2.41. The molecule has 0 bridgehead atoms. The van der Waals surface area contributed by atoms with Crippen LogP contribution in [0.3, 0.4) is 0 Å². The van der Waals surface area contributed by atoms with E-state index in [1.807, 2.05) is 0 Å². The molecule has 0 atom stereocenters. The smallest absolute Gasteiger partial charge is 0.243 e. The van der Waals surface area contributed by atoms with E-state index in [1.54, 1.807) is 24.3 Å². The van der Waals surface area contributed by atoms with Crippen LogP contribution in [-0.2, 0) is 10.0 Å². The average molecular weight is 370 g/mol. The highest BCUT2D eigenvalue weighted by Gasteiger charge is 2.30. The topological polar surface area (TPSA) is 46.6 Å². The van der Waals surface area contributed by atoms with Gasteiger partial charge in [0.05, 0.1) is 4.90 Å². The molecule has 0 aromatic heterocycles. The van der Waals surface area contributed by atoms with Crippen LogP contribution in [0, 0.1) is 5.82 Å². The van der Waals surface area contributed by atoms with Gasteiger partial charge in [-0.3, -0.25) is 0 Å². The lowest BCUT2D eigenvalue weighted by molar-refractivity contribution is 0.135. The highest BCUT2D eigenvalue weighted by atomic mass is 35.5. The van der Waals surface area contributed by atoms with E-state index in [4.69, 9.17) is 16.3 Å². The normalized spacial score (nSPS) is 16.9. The minimum absolute atomic E-state index is 0.0767. The second-order valence-corrected chi connectivity index (χ2v) is 8.00. The van der Waals surface area contributed by atoms with Crippen LogP contribution in [0.2, 0.25) is 5.02 Å². The molecule has 3 rings (SSSR count). The number of rotatable bonds is 4. The van der Waals surface area contributed by atoms with Gasteiger partial charge < -0.3 is 4.74 Å². The number of sulfonamides is 1. The van der Waals surface area contributed by atoms with Gasteiger partial charge in [-0.15, -0.1) is 0 Å². The van der Waals surface area contributed by atoms with Crippen molar-refractivity contribution in [3.8, 4) is 5.75 Å². The third kappa shape index (κ3) is 3.88. The molecule has 0 N–H and O–H groups in total. The lowest BCUT2D eigenvalue weighted by atomic mass is 10.1.